The second-order valence-corrected chi connectivity index (χ2v) is 9.42. The lowest BCUT2D eigenvalue weighted by molar-refractivity contribution is -0.118. The van der Waals surface area contributed by atoms with Gasteiger partial charge in [-0.2, -0.15) is 5.10 Å². The van der Waals surface area contributed by atoms with Gasteiger partial charge >= 0.3 is 0 Å². The first kappa shape index (κ1) is 25.4. The number of rotatable bonds is 10. The zero-order valence-corrected chi connectivity index (χ0v) is 21.6. The molecular weight excluding hydrogens is 547 g/mol. The Bertz CT molecular complexity index is 1130. The van der Waals surface area contributed by atoms with Gasteiger partial charge in [0.15, 0.2) is 11.5 Å². The molecule has 3 rings (SSSR count). The first-order valence-electron chi connectivity index (χ1n) is 9.99. The third kappa shape index (κ3) is 7.96. The summed E-state index contributed by atoms with van der Waals surface area (Å²) in [6.45, 7) is 2.67. The van der Waals surface area contributed by atoms with Crippen LogP contribution in [0.4, 0.5) is 0 Å². The number of hydrogen-bond donors (Lipinski definition) is 1. The summed E-state index contributed by atoms with van der Waals surface area (Å²) in [5, 5.41) is 5.36. The quantitative estimate of drug-likeness (QED) is 0.163. The van der Waals surface area contributed by atoms with Crippen LogP contribution in [0.2, 0.25) is 10.0 Å². The van der Waals surface area contributed by atoms with Crippen molar-refractivity contribution in [1.29, 1.82) is 0 Å². The van der Waals surface area contributed by atoms with Gasteiger partial charge in [0.1, 0.15) is 6.61 Å². The number of nitrogens with one attached hydrogen (secondary N) is 1. The average Bonchev–Trinajstić information content (AvgIpc) is 2.80. The van der Waals surface area contributed by atoms with Crippen LogP contribution < -0.4 is 14.9 Å². The number of nitrogens with zero attached hydrogens (tertiary/aromatic N) is 1. The number of thioether (sulfide) groups is 1. The minimum Gasteiger partial charge on any atom is -0.490 e. The number of hydrogen-bond acceptors (Lipinski definition) is 5. The van der Waals surface area contributed by atoms with Crippen LogP contribution >= 0.6 is 50.9 Å². The molecule has 0 saturated heterocycles. The molecule has 3 aromatic rings. The maximum atomic E-state index is 12.1. The first-order chi connectivity index (χ1) is 16.0. The van der Waals surface area contributed by atoms with E-state index in [1.807, 2.05) is 43.3 Å². The van der Waals surface area contributed by atoms with Gasteiger partial charge in [0.2, 0.25) is 5.91 Å². The maximum Gasteiger partial charge on any atom is 0.250 e. The van der Waals surface area contributed by atoms with Crippen molar-refractivity contribution in [2.24, 2.45) is 5.10 Å². The van der Waals surface area contributed by atoms with E-state index in [9.17, 15) is 4.79 Å². The number of carbonyl (C=O) groups excluding carboxylic acids is 1. The van der Waals surface area contributed by atoms with E-state index >= 15 is 0 Å². The fourth-order valence-electron chi connectivity index (χ4n) is 2.69. The van der Waals surface area contributed by atoms with Crippen LogP contribution in [0.25, 0.3) is 0 Å². The third-order valence-electron chi connectivity index (χ3n) is 4.28. The van der Waals surface area contributed by atoms with Crippen molar-refractivity contribution in [3.8, 4) is 11.5 Å². The second kappa shape index (κ2) is 12.9. The lowest BCUT2D eigenvalue weighted by atomic mass is 10.2. The number of amides is 1. The van der Waals surface area contributed by atoms with E-state index in [1.54, 1.807) is 30.5 Å². The summed E-state index contributed by atoms with van der Waals surface area (Å²) < 4.78 is 12.4. The Hall–Kier alpha value is -2.19. The summed E-state index contributed by atoms with van der Waals surface area (Å²) in [7, 11) is 0. The summed E-state index contributed by atoms with van der Waals surface area (Å²) in [5.41, 5.74) is 4.14. The zero-order valence-electron chi connectivity index (χ0n) is 17.7. The van der Waals surface area contributed by atoms with Gasteiger partial charge in [-0.15, -0.1) is 11.8 Å². The van der Waals surface area contributed by atoms with E-state index in [1.165, 1.54) is 11.8 Å². The van der Waals surface area contributed by atoms with Gasteiger partial charge in [0.05, 0.1) is 18.6 Å². The maximum absolute atomic E-state index is 12.1. The highest BCUT2D eigenvalue weighted by Crippen LogP contribution is 2.34. The first-order valence-corrected chi connectivity index (χ1v) is 12.5. The molecule has 0 saturated carbocycles. The molecule has 0 bridgehead atoms. The van der Waals surface area contributed by atoms with Crippen LogP contribution in [0.15, 0.2) is 75.1 Å². The molecule has 9 heteroatoms. The van der Waals surface area contributed by atoms with Crippen LogP contribution in [0.5, 0.6) is 11.5 Å². The van der Waals surface area contributed by atoms with Crippen LogP contribution in [-0.2, 0) is 11.4 Å². The monoisotopic (exact) mass is 566 g/mol. The van der Waals surface area contributed by atoms with Gasteiger partial charge in [-0.25, -0.2) is 5.43 Å². The molecule has 0 heterocycles. The predicted octanol–water partition coefficient (Wildman–Crippen LogP) is 6.98. The highest BCUT2D eigenvalue weighted by atomic mass is 79.9. The Balaban J connectivity index is 1.61. The highest BCUT2D eigenvalue weighted by Gasteiger charge is 2.11. The van der Waals surface area contributed by atoms with Crippen molar-refractivity contribution < 1.29 is 14.3 Å². The van der Waals surface area contributed by atoms with E-state index in [0.717, 1.165) is 20.5 Å². The van der Waals surface area contributed by atoms with Crippen LogP contribution in [0.1, 0.15) is 18.1 Å². The van der Waals surface area contributed by atoms with Crippen molar-refractivity contribution in [3.05, 3.63) is 86.3 Å². The summed E-state index contributed by atoms with van der Waals surface area (Å²) in [6.07, 6.45) is 1.55. The molecule has 172 valence electrons. The summed E-state index contributed by atoms with van der Waals surface area (Å²) >= 11 is 17.0. The lowest BCUT2D eigenvalue weighted by Gasteiger charge is -2.14. The minimum atomic E-state index is -0.216. The Labute approximate surface area is 215 Å². The molecule has 1 N–H and O–H groups in total. The molecule has 0 spiro atoms. The van der Waals surface area contributed by atoms with E-state index in [0.29, 0.717) is 34.8 Å². The number of benzene rings is 3. The number of ether oxygens (including phenoxy) is 2. The number of carbonyl (C=O) groups is 1. The molecule has 0 aliphatic rings. The molecule has 0 radical (unpaired) electrons. The van der Waals surface area contributed by atoms with Gasteiger partial charge in [-0.3, -0.25) is 4.79 Å². The highest BCUT2D eigenvalue weighted by molar-refractivity contribution is 9.10. The predicted molar refractivity (Wildman–Crippen MR) is 139 cm³/mol. The van der Waals surface area contributed by atoms with Crippen molar-refractivity contribution in [2.75, 3.05) is 12.4 Å². The van der Waals surface area contributed by atoms with Gasteiger partial charge < -0.3 is 9.47 Å². The second-order valence-electron chi connectivity index (χ2n) is 6.67. The number of halogens is 3. The normalized spacial score (nSPS) is 10.9. The molecule has 5 nitrogen and oxygen atoms in total. The van der Waals surface area contributed by atoms with E-state index in [-0.39, 0.29) is 11.7 Å². The summed E-state index contributed by atoms with van der Waals surface area (Å²) in [5.74, 6) is 1.16. The van der Waals surface area contributed by atoms with E-state index in [4.69, 9.17) is 32.7 Å². The van der Waals surface area contributed by atoms with Crippen molar-refractivity contribution in [1.82, 2.24) is 5.43 Å². The summed E-state index contributed by atoms with van der Waals surface area (Å²) in [4.78, 5) is 13.0. The van der Waals surface area contributed by atoms with E-state index < -0.39 is 0 Å². The SMILES string of the molecule is CCOc1cc(/C=N\NC(=O)CSc2ccc(Cl)cc2)c(Br)cc1OCc1ccccc1Cl. The molecule has 1 amide bonds. The van der Waals surface area contributed by atoms with Gasteiger partial charge in [-0.05, 0) is 65.3 Å². The fourth-order valence-corrected chi connectivity index (χ4v) is 4.12. The molecule has 0 unspecified atom stereocenters. The number of hydrazone groups is 1. The molecule has 0 aliphatic heterocycles. The average molecular weight is 568 g/mol. The van der Waals surface area contributed by atoms with Gasteiger partial charge in [-0.1, -0.05) is 41.4 Å². The minimum absolute atomic E-state index is 0.216. The Morgan fingerprint density at radius 3 is 2.55 bits per heavy atom. The molecule has 0 fully saturated rings. The van der Waals surface area contributed by atoms with Gasteiger partial charge in [0, 0.05) is 30.5 Å². The molecule has 33 heavy (non-hydrogen) atoms. The van der Waals surface area contributed by atoms with Crippen LogP contribution in [0.3, 0.4) is 0 Å². The topological polar surface area (TPSA) is 59.9 Å². The zero-order chi connectivity index (χ0) is 23.6. The van der Waals surface area contributed by atoms with Crippen molar-refractivity contribution in [3.63, 3.8) is 0 Å². The third-order valence-corrected chi connectivity index (χ3v) is 6.60. The Morgan fingerprint density at radius 2 is 1.82 bits per heavy atom. The largest absolute Gasteiger partial charge is 0.490 e. The molecule has 0 atom stereocenters. The smallest absolute Gasteiger partial charge is 0.250 e. The van der Waals surface area contributed by atoms with Crippen LogP contribution in [0, 0.1) is 0 Å². The lowest BCUT2D eigenvalue weighted by Crippen LogP contribution is -2.19. The standard InChI is InChI=1S/C24H21BrCl2N2O3S/c1-2-31-22-11-17(13-28-29-24(30)15-33-19-9-7-18(26)8-10-19)20(25)12-23(22)32-14-16-5-3-4-6-21(16)27/h3-13H,2,14-15H2,1H3,(H,29,30)/b28-13-. The Morgan fingerprint density at radius 1 is 1.09 bits per heavy atom. The molecule has 0 aliphatic carbocycles. The van der Waals surface area contributed by atoms with Crippen LogP contribution in [-0.4, -0.2) is 24.5 Å². The van der Waals surface area contributed by atoms with Crippen molar-refractivity contribution >= 4 is 63.0 Å². The molecular formula is C24H21BrCl2N2O3S. The van der Waals surface area contributed by atoms with Crippen molar-refractivity contribution in [2.45, 2.75) is 18.4 Å². The molecule has 3 aromatic carbocycles. The fraction of sp³-hybridized carbons (Fsp3) is 0.167. The summed E-state index contributed by atoms with van der Waals surface area (Å²) in [6, 6.07) is 18.4. The molecule has 0 aromatic heterocycles. The van der Waals surface area contributed by atoms with Gasteiger partial charge in [0.25, 0.3) is 0 Å². The Kier molecular flexibility index (Phi) is 9.94. The van der Waals surface area contributed by atoms with E-state index in [2.05, 4.69) is 26.5 Å².